The molecular formula is C14H28N2O. The molecule has 1 unspecified atom stereocenters. The first kappa shape index (κ1) is 14.5. The van der Waals surface area contributed by atoms with Gasteiger partial charge in [-0.05, 0) is 51.6 Å². The van der Waals surface area contributed by atoms with Crippen molar-refractivity contribution in [2.24, 2.45) is 5.92 Å². The van der Waals surface area contributed by atoms with Crippen molar-refractivity contribution in [3.63, 3.8) is 0 Å². The molecular weight excluding hydrogens is 212 g/mol. The molecule has 0 aliphatic carbocycles. The summed E-state index contributed by atoms with van der Waals surface area (Å²) in [5.41, 5.74) is 0. The van der Waals surface area contributed by atoms with Crippen LogP contribution in [0.1, 0.15) is 52.4 Å². The van der Waals surface area contributed by atoms with Crippen LogP contribution in [0, 0.1) is 5.92 Å². The van der Waals surface area contributed by atoms with Gasteiger partial charge in [-0.15, -0.1) is 0 Å². The van der Waals surface area contributed by atoms with Crippen LogP contribution in [0.4, 0.5) is 0 Å². The Morgan fingerprint density at radius 3 is 2.65 bits per heavy atom. The smallest absolute Gasteiger partial charge is 0.222 e. The second-order valence-corrected chi connectivity index (χ2v) is 5.37. The summed E-state index contributed by atoms with van der Waals surface area (Å²) in [6, 6.07) is 0.389. The molecule has 1 atom stereocenters. The van der Waals surface area contributed by atoms with E-state index in [1.165, 1.54) is 12.8 Å². The van der Waals surface area contributed by atoms with Crippen molar-refractivity contribution >= 4 is 5.91 Å². The largest absolute Gasteiger partial charge is 0.343 e. The minimum absolute atomic E-state index is 0.324. The van der Waals surface area contributed by atoms with Gasteiger partial charge in [-0.2, -0.15) is 0 Å². The number of nitrogens with one attached hydrogen (secondary N) is 1. The third-order valence-electron chi connectivity index (χ3n) is 3.99. The molecule has 0 radical (unpaired) electrons. The molecule has 3 heteroatoms. The molecule has 0 aromatic heterocycles. The van der Waals surface area contributed by atoms with Gasteiger partial charge >= 0.3 is 0 Å². The van der Waals surface area contributed by atoms with E-state index in [1.807, 2.05) is 11.9 Å². The van der Waals surface area contributed by atoms with Crippen LogP contribution in [0.2, 0.25) is 0 Å². The first-order chi connectivity index (χ1) is 8.15. The fraction of sp³-hybridized carbons (Fsp3) is 0.929. The van der Waals surface area contributed by atoms with Crippen molar-refractivity contribution in [3.8, 4) is 0 Å². The highest BCUT2D eigenvalue weighted by Crippen LogP contribution is 2.18. The van der Waals surface area contributed by atoms with Crippen LogP contribution >= 0.6 is 0 Å². The Morgan fingerprint density at radius 1 is 1.41 bits per heavy atom. The molecule has 1 heterocycles. The summed E-state index contributed by atoms with van der Waals surface area (Å²) in [4.78, 5) is 13.9. The van der Waals surface area contributed by atoms with E-state index >= 15 is 0 Å². The van der Waals surface area contributed by atoms with Crippen LogP contribution in [0.3, 0.4) is 0 Å². The highest BCUT2D eigenvalue weighted by Gasteiger charge is 2.18. The van der Waals surface area contributed by atoms with Crippen molar-refractivity contribution in [3.05, 3.63) is 0 Å². The SMILES string of the molecule is CCCC(C)N(C)C(=O)CCC1CCNCC1. The summed E-state index contributed by atoms with van der Waals surface area (Å²) in [7, 11) is 1.95. The Morgan fingerprint density at radius 2 is 2.06 bits per heavy atom. The molecule has 1 amide bonds. The van der Waals surface area contributed by atoms with Gasteiger partial charge in [0.1, 0.15) is 0 Å². The monoisotopic (exact) mass is 240 g/mol. The number of amides is 1. The van der Waals surface area contributed by atoms with Gasteiger partial charge in [0.25, 0.3) is 0 Å². The standard InChI is InChI=1S/C14H28N2O/c1-4-5-12(2)16(3)14(17)7-6-13-8-10-15-11-9-13/h12-13,15H,4-11H2,1-3H3. The fourth-order valence-corrected chi connectivity index (χ4v) is 2.53. The molecule has 1 fully saturated rings. The van der Waals surface area contributed by atoms with Gasteiger partial charge in [-0.25, -0.2) is 0 Å². The topological polar surface area (TPSA) is 32.3 Å². The van der Waals surface area contributed by atoms with E-state index in [0.29, 0.717) is 11.9 Å². The van der Waals surface area contributed by atoms with E-state index in [2.05, 4.69) is 19.2 Å². The fourth-order valence-electron chi connectivity index (χ4n) is 2.53. The molecule has 1 rings (SSSR count). The van der Waals surface area contributed by atoms with E-state index in [-0.39, 0.29) is 0 Å². The third kappa shape index (κ3) is 5.07. The summed E-state index contributed by atoms with van der Waals surface area (Å²) < 4.78 is 0. The minimum Gasteiger partial charge on any atom is -0.343 e. The van der Waals surface area contributed by atoms with Crippen LogP contribution in [0.15, 0.2) is 0 Å². The molecule has 100 valence electrons. The maximum absolute atomic E-state index is 12.0. The van der Waals surface area contributed by atoms with Crippen LogP contribution in [-0.4, -0.2) is 37.0 Å². The van der Waals surface area contributed by atoms with Gasteiger partial charge in [-0.1, -0.05) is 13.3 Å². The summed E-state index contributed by atoms with van der Waals surface area (Å²) in [6.07, 6.45) is 6.53. The number of hydrogen-bond acceptors (Lipinski definition) is 2. The van der Waals surface area contributed by atoms with E-state index in [0.717, 1.165) is 44.7 Å². The zero-order valence-electron chi connectivity index (χ0n) is 11.7. The van der Waals surface area contributed by atoms with E-state index < -0.39 is 0 Å². The zero-order chi connectivity index (χ0) is 12.7. The lowest BCUT2D eigenvalue weighted by molar-refractivity contribution is -0.132. The van der Waals surface area contributed by atoms with Gasteiger partial charge in [0.15, 0.2) is 0 Å². The van der Waals surface area contributed by atoms with Crippen LogP contribution < -0.4 is 5.32 Å². The average Bonchev–Trinajstić information content (AvgIpc) is 2.36. The van der Waals surface area contributed by atoms with Gasteiger partial charge < -0.3 is 10.2 Å². The zero-order valence-corrected chi connectivity index (χ0v) is 11.7. The summed E-state index contributed by atoms with van der Waals surface area (Å²) in [5.74, 6) is 1.08. The quantitative estimate of drug-likeness (QED) is 0.773. The first-order valence-electron chi connectivity index (χ1n) is 7.11. The predicted molar refractivity (Wildman–Crippen MR) is 72.0 cm³/mol. The molecule has 1 aliphatic heterocycles. The van der Waals surface area contributed by atoms with E-state index in [9.17, 15) is 4.79 Å². The molecule has 0 bridgehead atoms. The molecule has 1 N–H and O–H groups in total. The van der Waals surface area contributed by atoms with E-state index in [1.54, 1.807) is 0 Å². The van der Waals surface area contributed by atoms with Crippen LogP contribution in [0.5, 0.6) is 0 Å². The number of hydrogen-bond donors (Lipinski definition) is 1. The molecule has 0 saturated carbocycles. The number of carbonyl (C=O) groups is 1. The Labute approximate surface area is 106 Å². The third-order valence-corrected chi connectivity index (χ3v) is 3.99. The summed E-state index contributed by atoms with van der Waals surface area (Å²) in [6.45, 7) is 6.57. The molecule has 17 heavy (non-hydrogen) atoms. The number of carbonyl (C=O) groups excluding carboxylic acids is 1. The van der Waals surface area contributed by atoms with Crippen LogP contribution in [0.25, 0.3) is 0 Å². The molecule has 1 saturated heterocycles. The van der Waals surface area contributed by atoms with Crippen molar-refractivity contribution in [2.75, 3.05) is 20.1 Å². The molecule has 3 nitrogen and oxygen atoms in total. The van der Waals surface area contributed by atoms with Gasteiger partial charge in [0, 0.05) is 19.5 Å². The Bertz CT molecular complexity index is 224. The highest BCUT2D eigenvalue weighted by molar-refractivity contribution is 5.76. The Kier molecular flexibility index (Phi) is 6.56. The molecule has 1 aliphatic rings. The second kappa shape index (κ2) is 7.70. The number of piperidine rings is 1. The van der Waals surface area contributed by atoms with Gasteiger partial charge in [-0.3, -0.25) is 4.79 Å². The molecule has 0 aromatic carbocycles. The maximum Gasteiger partial charge on any atom is 0.222 e. The Balaban J connectivity index is 2.23. The van der Waals surface area contributed by atoms with Crippen molar-refractivity contribution in [1.82, 2.24) is 10.2 Å². The van der Waals surface area contributed by atoms with Gasteiger partial charge in [0.05, 0.1) is 0 Å². The summed E-state index contributed by atoms with van der Waals surface area (Å²) in [5, 5.41) is 3.36. The maximum atomic E-state index is 12.0. The lowest BCUT2D eigenvalue weighted by atomic mass is 9.93. The van der Waals surface area contributed by atoms with Crippen molar-refractivity contribution in [2.45, 2.75) is 58.4 Å². The molecule has 0 aromatic rings. The summed E-state index contributed by atoms with van der Waals surface area (Å²) >= 11 is 0. The number of rotatable bonds is 6. The predicted octanol–water partition coefficient (Wildman–Crippen LogP) is 2.41. The van der Waals surface area contributed by atoms with Crippen molar-refractivity contribution < 1.29 is 4.79 Å². The normalized spacial score (nSPS) is 19.0. The average molecular weight is 240 g/mol. The molecule has 0 spiro atoms. The van der Waals surface area contributed by atoms with E-state index in [4.69, 9.17) is 0 Å². The van der Waals surface area contributed by atoms with Crippen molar-refractivity contribution in [1.29, 1.82) is 0 Å². The van der Waals surface area contributed by atoms with Crippen LogP contribution in [-0.2, 0) is 4.79 Å². The lowest BCUT2D eigenvalue weighted by Crippen LogP contribution is -2.35. The highest BCUT2D eigenvalue weighted by atomic mass is 16.2. The minimum atomic E-state index is 0.324. The lowest BCUT2D eigenvalue weighted by Gasteiger charge is -2.27. The second-order valence-electron chi connectivity index (χ2n) is 5.37. The Hall–Kier alpha value is -0.570. The number of nitrogens with zero attached hydrogens (tertiary/aromatic N) is 1. The van der Waals surface area contributed by atoms with Gasteiger partial charge in [0.2, 0.25) is 5.91 Å². The first-order valence-corrected chi connectivity index (χ1v) is 7.11.